The summed E-state index contributed by atoms with van der Waals surface area (Å²) in [4.78, 5) is 15.7. The number of ether oxygens (including phenoxy) is 1. The van der Waals surface area contributed by atoms with Crippen molar-refractivity contribution >= 4 is 10.9 Å². The maximum absolute atomic E-state index is 12.4. The number of H-pyrrole nitrogens is 1. The number of aromatic amines is 1. The van der Waals surface area contributed by atoms with E-state index in [1.54, 1.807) is 10.7 Å². The zero-order valence-corrected chi connectivity index (χ0v) is 14.5. The Hall–Kier alpha value is -2.44. The molecule has 0 radical (unpaired) electrons. The second-order valence-corrected chi connectivity index (χ2v) is 7.27. The van der Waals surface area contributed by atoms with E-state index in [-0.39, 0.29) is 17.6 Å². The van der Waals surface area contributed by atoms with Crippen molar-refractivity contribution in [2.75, 3.05) is 13.2 Å². The minimum atomic E-state index is -0.0635. The van der Waals surface area contributed by atoms with Crippen molar-refractivity contribution in [3.63, 3.8) is 0 Å². The van der Waals surface area contributed by atoms with E-state index in [0.29, 0.717) is 19.1 Å². The van der Waals surface area contributed by atoms with Gasteiger partial charge in [-0.15, -0.1) is 0 Å². The number of nitrogens with zero attached hydrogens (tertiary/aromatic N) is 2. The van der Waals surface area contributed by atoms with Gasteiger partial charge in [0, 0.05) is 35.6 Å². The maximum Gasteiger partial charge on any atom is 0.267 e. The Morgan fingerprint density at radius 1 is 1.19 bits per heavy atom. The van der Waals surface area contributed by atoms with Gasteiger partial charge < -0.3 is 15.0 Å². The molecule has 3 heterocycles. The van der Waals surface area contributed by atoms with E-state index in [1.165, 1.54) is 23.8 Å². The Morgan fingerprint density at radius 2 is 2.08 bits per heavy atom. The smallest absolute Gasteiger partial charge is 0.267 e. The molecule has 3 aromatic rings. The van der Waals surface area contributed by atoms with Crippen molar-refractivity contribution < 1.29 is 4.74 Å². The molecule has 2 aliphatic rings. The lowest BCUT2D eigenvalue weighted by molar-refractivity contribution is 0.180. The summed E-state index contributed by atoms with van der Waals surface area (Å²) in [6.45, 7) is 1.84. The van der Waals surface area contributed by atoms with Crippen LogP contribution in [0.5, 0.6) is 0 Å². The van der Waals surface area contributed by atoms with Crippen LogP contribution in [0.1, 0.15) is 36.1 Å². The molecule has 5 rings (SSSR count). The Kier molecular flexibility index (Phi) is 3.87. The molecular formula is C20H22N4O2. The van der Waals surface area contributed by atoms with Crippen molar-refractivity contribution in [3.8, 4) is 0 Å². The van der Waals surface area contributed by atoms with Crippen LogP contribution in [0.4, 0.5) is 0 Å². The lowest BCUT2D eigenvalue weighted by atomic mass is 10.1. The zero-order valence-electron chi connectivity index (χ0n) is 14.5. The summed E-state index contributed by atoms with van der Waals surface area (Å²) in [7, 11) is 0. The molecule has 1 saturated carbocycles. The second-order valence-electron chi connectivity index (χ2n) is 7.27. The topological polar surface area (TPSA) is 71.9 Å². The predicted molar refractivity (Wildman–Crippen MR) is 99.3 cm³/mol. The van der Waals surface area contributed by atoms with Gasteiger partial charge in [0.15, 0.2) is 0 Å². The van der Waals surface area contributed by atoms with E-state index in [2.05, 4.69) is 27.5 Å². The Morgan fingerprint density at radius 3 is 2.96 bits per heavy atom. The molecule has 0 bridgehead atoms. The third-order valence-corrected chi connectivity index (χ3v) is 5.44. The van der Waals surface area contributed by atoms with E-state index in [9.17, 15) is 4.79 Å². The third-order valence-electron chi connectivity index (χ3n) is 5.44. The van der Waals surface area contributed by atoms with Crippen molar-refractivity contribution in [2.24, 2.45) is 0 Å². The fraction of sp³-hybridized carbons (Fsp3) is 0.400. The van der Waals surface area contributed by atoms with Gasteiger partial charge in [0.25, 0.3) is 5.56 Å². The highest BCUT2D eigenvalue weighted by Gasteiger charge is 2.32. The molecule has 6 nitrogen and oxygen atoms in total. The molecule has 0 amide bonds. The molecule has 1 saturated heterocycles. The van der Waals surface area contributed by atoms with E-state index < -0.39 is 0 Å². The first-order valence-electron chi connectivity index (χ1n) is 9.25. The van der Waals surface area contributed by atoms with Gasteiger partial charge in [-0.25, -0.2) is 4.68 Å². The Balaban J connectivity index is 1.36. The Bertz CT molecular complexity index is 989. The van der Waals surface area contributed by atoms with Crippen LogP contribution < -0.4 is 10.9 Å². The largest absolute Gasteiger partial charge is 0.377 e. The predicted octanol–water partition coefficient (Wildman–Crippen LogP) is 2.33. The van der Waals surface area contributed by atoms with Gasteiger partial charge in [0.1, 0.15) is 0 Å². The van der Waals surface area contributed by atoms with Crippen LogP contribution in [0.2, 0.25) is 0 Å². The lowest BCUT2D eigenvalue weighted by Crippen LogP contribution is -2.41. The molecule has 2 atom stereocenters. The van der Waals surface area contributed by atoms with E-state index >= 15 is 0 Å². The van der Waals surface area contributed by atoms with Crippen LogP contribution in [-0.4, -0.2) is 34.0 Å². The van der Waals surface area contributed by atoms with Gasteiger partial charge in [-0.3, -0.25) is 4.79 Å². The van der Waals surface area contributed by atoms with Crippen LogP contribution in [0, 0.1) is 0 Å². The Labute approximate surface area is 151 Å². The number of rotatable bonds is 5. The highest BCUT2D eigenvalue weighted by molar-refractivity contribution is 5.82. The molecule has 1 aliphatic carbocycles. The molecule has 26 heavy (non-hydrogen) atoms. The van der Waals surface area contributed by atoms with Gasteiger partial charge in [-0.2, -0.15) is 5.10 Å². The maximum atomic E-state index is 12.4. The first kappa shape index (κ1) is 15.8. The minimum absolute atomic E-state index is 0.0520. The molecule has 2 unspecified atom stereocenters. The first-order chi connectivity index (χ1) is 12.8. The van der Waals surface area contributed by atoms with Crippen molar-refractivity contribution in [1.29, 1.82) is 0 Å². The first-order valence-corrected chi connectivity index (χ1v) is 9.25. The van der Waals surface area contributed by atoms with Crippen LogP contribution >= 0.6 is 0 Å². The number of fused-ring (bicyclic) bond motifs is 1. The summed E-state index contributed by atoms with van der Waals surface area (Å²) in [6, 6.07) is 11.8. The standard InChI is InChI=1S/C20H22N4O2/c25-20-8-7-16(13-5-6-13)23-24(20)19-12-26-11-18(19)22-10-14-9-21-17-4-2-1-3-15(14)17/h1-4,7-9,13,18-19,21-22H,5-6,10-12H2. The quantitative estimate of drug-likeness (QED) is 0.741. The molecule has 0 spiro atoms. The van der Waals surface area contributed by atoms with Crippen LogP contribution in [0.15, 0.2) is 47.4 Å². The summed E-state index contributed by atoms with van der Waals surface area (Å²) in [5.41, 5.74) is 3.34. The second kappa shape index (κ2) is 6.37. The lowest BCUT2D eigenvalue weighted by Gasteiger charge is -2.20. The summed E-state index contributed by atoms with van der Waals surface area (Å²) >= 11 is 0. The van der Waals surface area contributed by atoms with Gasteiger partial charge in [0.2, 0.25) is 0 Å². The van der Waals surface area contributed by atoms with Crippen LogP contribution in [0.25, 0.3) is 10.9 Å². The number of para-hydroxylation sites is 1. The van der Waals surface area contributed by atoms with Crippen LogP contribution in [0.3, 0.4) is 0 Å². The number of benzene rings is 1. The van der Waals surface area contributed by atoms with Gasteiger partial charge in [-0.05, 0) is 30.5 Å². The van der Waals surface area contributed by atoms with Gasteiger partial charge in [0.05, 0.1) is 31.0 Å². The zero-order chi connectivity index (χ0) is 17.5. The number of aromatic nitrogens is 3. The van der Waals surface area contributed by atoms with E-state index in [1.807, 2.05) is 24.4 Å². The summed E-state index contributed by atoms with van der Waals surface area (Å²) in [5.74, 6) is 0.529. The normalized spacial score (nSPS) is 22.9. The molecule has 2 aromatic heterocycles. The average molecular weight is 350 g/mol. The molecule has 1 aromatic carbocycles. The minimum Gasteiger partial charge on any atom is -0.377 e. The molecule has 1 aliphatic heterocycles. The third kappa shape index (κ3) is 2.85. The van der Waals surface area contributed by atoms with Crippen molar-refractivity contribution in [1.82, 2.24) is 20.1 Å². The van der Waals surface area contributed by atoms with Crippen molar-refractivity contribution in [2.45, 2.75) is 37.4 Å². The number of hydrogen-bond acceptors (Lipinski definition) is 4. The summed E-state index contributed by atoms with van der Waals surface area (Å²) in [6.07, 6.45) is 4.39. The average Bonchev–Trinajstić information content (AvgIpc) is 3.27. The molecule has 6 heteroatoms. The summed E-state index contributed by atoms with van der Waals surface area (Å²) in [5, 5.41) is 9.43. The van der Waals surface area contributed by atoms with Crippen molar-refractivity contribution in [3.05, 3.63) is 64.2 Å². The molecule has 2 N–H and O–H groups in total. The summed E-state index contributed by atoms with van der Waals surface area (Å²) < 4.78 is 7.31. The highest BCUT2D eigenvalue weighted by Crippen LogP contribution is 2.38. The highest BCUT2D eigenvalue weighted by atomic mass is 16.5. The number of nitrogens with one attached hydrogen (secondary N) is 2. The fourth-order valence-corrected chi connectivity index (χ4v) is 3.77. The van der Waals surface area contributed by atoms with Gasteiger partial charge >= 0.3 is 0 Å². The van der Waals surface area contributed by atoms with E-state index in [4.69, 9.17) is 4.74 Å². The molecule has 2 fully saturated rings. The molecular weight excluding hydrogens is 328 g/mol. The number of hydrogen-bond donors (Lipinski definition) is 2. The molecule has 134 valence electrons. The SMILES string of the molecule is O=c1ccc(C2CC2)nn1C1COCC1NCc1c[nH]c2ccccc12. The van der Waals surface area contributed by atoms with E-state index in [0.717, 1.165) is 17.8 Å². The van der Waals surface area contributed by atoms with Gasteiger partial charge in [-0.1, -0.05) is 18.2 Å². The fourth-order valence-electron chi connectivity index (χ4n) is 3.77. The monoisotopic (exact) mass is 350 g/mol. The van der Waals surface area contributed by atoms with Crippen LogP contribution in [-0.2, 0) is 11.3 Å².